The number of imidazole rings is 1. The second-order valence-electron chi connectivity index (χ2n) is 6.95. The molecule has 1 aromatic heterocycles. The highest BCUT2D eigenvalue weighted by molar-refractivity contribution is 9.10. The Bertz CT molecular complexity index is 1150. The van der Waals surface area contributed by atoms with Crippen LogP contribution in [0.15, 0.2) is 77.5 Å². The summed E-state index contributed by atoms with van der Waals surface area (Å²) in [6, 6.07) is 21.2. The number of carbonyl (C=O) groups excluding carboxylic acids is 1. The van der Waals surface area contributed by atoms with E-state index >= 15 is 0 Å². The van der Waals surface area contributed by atoms with E-state index in [9.17, 15) is 4.79 Å². The molecular weight excluding hydrogens is 450 g/mol. The molecule has 0 saturated carbocycles. The molecule has 1 atom stereocenters. The fourth-order valence-electron chi connectivity index (χ4n) is 3.23. The van der Waals surface area contributed by atoms with E-state index in [4.69, 9.17) is 11.6 Å². The van der Waals surface area contributed by atoms with Gasteiger partial charge in [0.15, 0.2) is 0 Å². The molecule has 0 aliphatic rings. The summed E-state index contributed by atoms with van der Waals surface area (Å²) < 4.78 is 3.07. The van der Waals surface area contributed by atoms with Gasteiger partial charge in [-0.15, -0.1) is 0 Å². The van der Waals surface area contributed by atoms with Crippen LogP contribution >= 0.6 is 27.5 Å². The number of aromatic nitrogens is 2. The number of amides is 1. The van der Waals surface area contributed by atoms with Crippen LogP contribution in [0.2, 0.25) is 5.02 Å². The van der Waals surface area contributed by atoms with Gasteiger partial charge in [0, 0.05) is 21.6 Å². The number of carbonyl (C=O) groups is 1. The van der Waals surface area contributed by atoms with Gasteiger partial charge in [-0.3, -0.25) is 4.79 Å². The van der Waals surface area contributed by atoms with Crippen molar-refractivity contribution in [2.24, 2.45) is 0 Å². The maximum absolute atomic E-state index is 12.7. The molecule has 0 aliphatic carbocycles. The lowest BCUT2D eigenvalue weighted by molar-refractivity contribution is 0.0940. The van der Waals surface area contributed by atoms with Gasteiger partial charge in [0.05, 0.1) is 23.4 Å². The summed E-state index contributed by atoms with van der Waals surface area (Å²) >= 11 is 9.39. The van der Waals surface area contributed by atoms with E-state index in [1.54, 1.807) is 6.33 Å². The van der Waals surface area contributed by atoms with Crippen molar-refractivity contribution >= 4 is 44.5 Å². The number of hydrogen-bond donors (Lipinski definition) is 1. The van der Waals surface area contributed by atoms with Crippen molar-refractivity contribution in [2.75, 3.05) is 0 Å². The molecule has 29 heavy (non-hydrogen) atoms. The van der Waals surface area contributed by atoms with E-state index in [-0.39, 0.29) is 11.9 Å². The molecule has 0 fully saturated rings. The van der Waals surface area contributed by atoms with Crippen LogP contribution in [0.3, 0.4) is 0 Å². The van der Waals surface area contributed by atoms with E-state index in [1.807, 2.05) is 73.7 Å². The second-order valence-corrected chi connectivity index (χ2v) is 8.30. The third-order valence-electron chi connectivity index (χ3n) is 4.87. The van der Waals surface area contributed by atoms with Crippen molar-refractivity contribution < 1.29 is 4.79 Å². The molecule has 0 aliphatic heterocycles. The van der Waals surface area contributed by atoms with E-state index in [0.29, 0.717) is 12.1 Å². The van der Waals surface area contributed by atoms with Crippen molar-refractivity contribution in [3.8, 4) is 0 Å². The van der Waals surface area contributed by atoms with Crippen LogP contribution in [0.4, 0.5) is 0 Å². The van der Waals surface area contributed by atoms with Gasteiger partial charge >= 0.3 is 0 Å². The van der Waals surface area contributed by atoms with E-state index in [2.05, 4.69) is 30.8 Å². The lowest BCUT2D eigenvalue weighted by Crippen LogP contribution is -2.26. The monoisotopic (exact) mass is 467 g/mol. The van der Waals surface area contributed by atoms with Gasteiger partial charge in [0.1, 0.15) is 0 Å². The summed E-state index contributed by atoms with van der Waals surface area (Å²) in [4.78, 5) is 17.2. The van der Waals surface area contributed by atoms with E-state index in [1.165, 1.54) is 0 Å². The molecule has 6 heteroatoms. The van der Waals surface area contributed by atoms with Crippen LogP contribution in [0.1, 0.15) is 34.5 Å². The van der Waals surface area contributed by atoms with Crippen molar-refractivity contribution in [3.05, 3.63) is 99.2 Å². The predicted octanol–water partition coefficient (Wildman–Crippen LogP) is 5.99. The highest BCUT2D eigenvalue weighted by Crippen LogP contribution is 2.20. The molecule has 4 nitrogen and oxygen atoms in total. The molecular formula is C23H19BrClN3O. The number of halogens is 2. The van der Waals surface area contributed by atoms with Crippen LogP contribution in [0.25, 0.3) is 11.0 Å². The minimum absolute atomic E-state index is 0.0891. The Morgan fingerprint density at radius 2 is 1.83 bits per heavy atom. The molecule has 1 heterocycles. The topological polar surface area (TPSA) is 46.9 Å². The molecule has 3 aromatic carbocycles. The van der Waals surface area contributed by atoms with E-state index < -0.39 is 0 Å². The Morgan fingerprint density at radius 3 is 2.55 bits per heavy atom. The number of benzene rings is 3. The maximum Gasteiger partial charge on any atom is 0.251 e. The summed E-state index contributed by atoms with van der Waals surface area (Å²) in [6.07, 6.45) is 1.80. The Labute approximate surface area is 182 Å². The van der Waals surface area contributed by atoms with Crippen LogP contribution in [0, 0.1) is 0 Å². The first kappa shape index (κ1) is 19.7. The lowest BCUT2D eigenvalue weighted by Gasteiger charge is -2.14. The van der Waals surface area contributed by atoms with Gasteiger partial charge < -0.3 is 9.88 Å². The molecule has 146 valence electrons. The first-order chi connectivity index (χ1) is 14.0. The zero-order valence-electron chi connectivity index (χ0n) is 15.8. The van der Waals surface area contributed by atoms with Crippen LogP contribution in [-0.2, 0) is 6.54 Å². The summed E-state index contributed by atoms with van der Waals surface area (Å²) in [5.74, 6) is -0.116. The van der Waals surface area contributed by atoms with Crippen molar-refractivity contribution in [1.29, 1.82) is 0 Å². The minimum Gasteiger partial charge on any atom is -0.346 e. The molecule has 0 spiro atoms. The average Bonchev–Trinajstić information content (AvgIpc) is 3.12. The lowest BCUT2D eigenvalue weighted by atomic mass is 10.1. The molecule has 1 amide bonds. The molecule has 0 saturated heterocycles. The first-order valence-corrected chi connectivity index (χ1v) is 10.4. The van der Waals surface area contributed by atoms with Gasteiger partial charge in [-0.05, 0) is 60.5 Å². The molecule has 4 rings (SSSR count). The van der Waals surface area contributed by atoms with Crippen molar-refractivity contribution in [3.63, 3.8) is 0 Å². The first-order valence-electron chi connectivity index (χ1n) is 9.25. The van der Waals surface area contributed by atoms with Crippen LogP contribution in [-0.4, -0.2) is 15.5 Å². The number of hydrogen-bond acceptors (Lipinski definition) is 2. The summed E-state index contributed by atoms with van der Waals surface area (Å²) in [5, 5.41) is 3.77. The highest BCUT2D eigenvalue weighted by Gasteiger charge is 2.13. The third-order valence-corrected chi connectivity index (χ3v) is 5.65. The summed E-state index contributed by atoms with van der Waals surface area (Å²) in [7, 11) is 0. The summed E-state index contributed by atoms with van der Waals surface area (Å²) in [6.45, 7) is 2.67. The van der Waals surface area contributed by atoms with Crippen LogP contribution < -0.4 is 5.32 Å². The van der Waals surface area contributed by atoms with E-state index in [0.717, 1.165) is 31.7 Å². The maximum atomic E-state index is 12.7. The van der Waals surface area contributed by atoms with Crippen molar-refractivity contribution in [2.45, 2.75) is 19.5 Å². The highest BCUT2D eigenvalue weighted by atomic mass is 79.9. The largest absolute Gasteiger partial charge is 0.346 e. The number of nitrogens with one attached hydrogen (secondary N) is 1. The van der Waals surface area contributed by atoms with Crippen LogP contribution in [0.5, 0.6) is 0 Å². The number of rotatable bonds is 5. The Kier molecular flexibility index (Phi) is 5.69. The molecule has 0 bridgehead atoms. The zero-order valence-corrected chi connectivity index (χ0v) is 18.1. The fraction of sp³-hybridized carbons (Fsp3) is 0.130. The van der Waals surface area contributed by atoms with Gasteiger partial charge in [-0.25, -0.2) is 4.98 Å². The predicted molar refractivity (Wildman–Crippen MR) is 120 cm³/mol. The average molecular weight is 469 g/mol. The normalized spacial score (nSPS) is 12.1. The minimum atomic E-state index is -0.116. The van der Waals surface area contributed by atoms with Gasteiger partial charge in [0.25, 0.3) is 5.91 Å². The Hall–Kier alpha value is -2.63. The number of fused-ring (bicyclic) bond motifs is 1. The second kappa shape index (κ2) is 8.39. The number of nitrogens with zero attached hydrogens (tertiary/aromatic N) is 2. The molecule has 1 N–H and O–H groups in total. The summed E-state index contributed by atoms with van der Waals surface area (Å²) in [5.41, 5.74) is 4.56. The fourth-order valence-corrected chi connectivity index (χ4v) is 3.62. The molecule has 4 aromatic rings. The SMILES string of the molecule is C[C@@H](NC(=O)c1ccc2c(c1)ncn2Cc1ccc(Cl)cc1)c1ccc(Br)cc1. The third kappa shape index (κ3) is 4.52. The standard InChI is InChI=1S/C23H19BrClN3O/c1-15(17-4-7-19(24)8-5-17)27-23(29)18-6-11-22-21(12-18)26-14-28(22)13-16-2-9-20(25)10-3-16/h2-12,14-15H,13H2,1H3,(H,27,29)/t15-/m1/s1. The van der Waals surface area contributed by atoms with Crippen molar-refractivity contribution in [1.82, 2.24) is 14.9 Å². The quantitative estimate of drug-likeness (QED) is 0.391. The Balaban J connectivity index is 1.50. The molecule has 0 radical (unpaired) electrons. The Morgan fingerprint density at radius 1 is 1.10 bits per heavy atom. The molecule has 0 unspecified atom stereocenters. The van der Waals surface area contributed by atoms with Gasteiger partial charge in [0.2, 0.25) is 0 Å². The van der Waals surface area contributed by atoms with Gasteiger partial charge in [-0.1, -0.05) is 51.8 Å². The zero-order chi connectivity index (χ0) is 20.4. The van der Waals surface area contributed by atoms with Gasteiger partial charge in [-0.2, -0.15) is 0 Å². The smallest absolute Gasteiger partial charge is 0.251 e.